The minimum atomic E-state index is -3.52. The lowest BCUT2D eigenvalue weighted by molar-refractivity contribution is -0.132. The van der Waals surface area contributed by atoms with Crippen molar-refractivity contribution in [1.82, 2.24) is 9.62 Å². The summed E-state index contributed by atoms with van der Waals surface area (Å²) in [6, 6.07) is 7.14. The molecule has 7 nitrogen and oxygen atoms in total. The zero-order chi connectivity index (χ0) is 18.7. The molecule has 1 saturated carbocycles. The minimum Gasteiger partial charge on any atom is -0.367 e. The Hall–Kier alpha value is -1.64. The third-order valence-corrected chi connectivity index (χ3v) is 7.01. The molecule has 1 aromatic rings. The molecule has 1 aliphatic heterocycles. The van der Waals surface area contributed by atoms with Crippen molar-refractivity contribution < 1.29 is 13.2 Å². The van der Waals surface area contributed by atoms with E-state index in [4.69, 9.17) is 5.73 Å². The number of benzene rings is 1. The second-order valence-electron chi connectivity index (χ2n) is 7.10. The summed E-state index contributed by atoms with van der Waals surface area (Å²) in [5.41, 5.74) is 6.77. The Morgan fingerprint density at radius 1 is 1.19 bits per heavy atom. The molecule has 2 atom stereocenters. The highest BCUT2D eigenvalue weighted by Crippen LogP contribution is 2.29. The third kappa shape index (κ3) is 4.02. The molecular formula is C18H28N4O3S. The maximum atomic E-state index is 12.6. The summed E-state index contributed by atoms with van der Waals surface area (Å²) in [4.78, 5) is 16.8. The topological polar surface area (TPSA) is 95.7 Å². The van der Waals surface area contributed by atoms with Gasteiger partial charge in [-0.05, 0) is 37.9 Å². The number of hydrogen-bond acceptors (Lipinski definition) is 5. The molecular weight excluding hydrogens is 352 g/mol. The van der Waals surface area contributed by atoms with Gasteiger partial charge in [-0.25, -0.2) is 13.1 Å². The number of carbonyl (C=O) groups excluding carboxylic acids is 1. The van der Waals surface area contributed by atoms with Crippen LogP contribution in [0.3, 0.4) is 0 Å². The molecule has 0 unspecified atom stereocenters. The van der Waals surface area contributed by atoms with Crippen molar-refractivity contribution >= 4 is 21.6 Å². The highest BCUT2D eigenvalue weighted by atomic mass is 32.2. The molecule has 3 rings (SSSR count). The van der Waals surface area contributed by atoms with E-state index in [9.17, 15) is 13.2 Å². The Balaban J connectivity index is 1.63. The van der Waals surface area contributed by atoms with Crippen molar-refractivity contribution in [3.63, 3.8) is 0 Å². The van der Waals surface area contributed by atoms with Crippen molar-refractivity contribution in [3.8, 4) is 0 Å². The number of nitrogens with two attached hydrogens (primary N) is 1. The van der Waals surface area contributed by atoms with Gasteiger partial charge >= 0.3 is 0 Å². The van der Waals surface area contributed by atoms with Gasteiger partial charge in [-0.3, -0.25) is 4.79 Å². The fourth-order valence-electron chi connectivity index (χ4n) is 3.92. The molecule has 0 aromatic heterocycles. The molecule has 2 fully saturated rings. The van der Waals surface area contributed by atoms with Crippen molar-refractivity contribution in [2.75, 3.05) is 38.1 Å². The first kappa shape index (κ1) is 19.1. The van der Waals surface area contributed by atoms with E-state index in [1.54, 1.807) is 12.1 Å². The Morgan fingerprint density at radius 3 is 2.50 bits per heavy atom. The molecule has 0 bridgehead atoms. The lowest BCUT2D eigenvalue weighted by Gasteiger charge is -2.37. The first-order valence-electron chi connectivity index (χ1n) is 9.23. The van der Waals surface area contributed by atoms with Gasteiger partial charge in [0, 0.05) is 38.6 Å². The largest absolute Gasteiger partial charge is 0.367 e. The quantitative estimate of drug-likeness (QED) is 0.786. The van der Waals surface area contributed by atoms with E-state index in [0.717, 1.165) is 19.3 Å². The zero-order valence-electron chi connectivity index (χ0n) is 15.2. The molecule has 1 saturated heterocycles. The van der Waals surface area contributed by atoms with Crippen LogP contribution in [0.5, 0.6) is 0 Å². The van der Waals surface area contributed by atoms with Crippen LogP contribution >= 0.6 is 0 Å². The molecule has 1 amide bonds. The molecule has 1 heterocycles. The summed E-state index contributed by atoms with van der Waals surface area (Å²) in [7, 11) is -2.10. The first-order valence-corrected chi connectivity index (χ1v) is 10.7. The van der Waals surface area contributed by atoms with Crippen molar-refractivity contribution in [3.05, 3.63) is 24.3 Å². The molecule has 1 aliphatic carbocycles. The van der Waals surface area contributed by atoms with E-state index in [0.29, 0.717) is 44.2 Å². The second-order valence-corrected chi connectivity index (χ2v) is 8.96. The van der Waals surface area contributed by atoms with Gasteiger partial charge in [-0.1, -0.05) is 18.6 Å². The summed E-state index contributed by atoms with van der Waals surface area (Å²) in [5, 5.41) is 0. The first-order chi connectivity index (χ1) is 12.4. The van der Waals surface area contributed by atoms with Crippen LogP contribution in [0.1, 0.15) is 25.7 Å². The van der Waals surface area contributed by atoms with Crippen LogP contribution in [0.4, 0.5) is 5.69 Å². The van der Waals surface area contributed by atoms with E-state index in [1.807, 2.05) is 21.9 Å². The van der Waals surface area contributed by atoms with Gasteiger partial charge in [0.25, 0.3) is 0 Å². The zero-order valence-corrected chi connectivity index (χ0v) is 16.0. The average molecular weight is 381 g/mol. The number of para-hydroxylation sites is 1. The van der Waals surface area contributed by atoms with Gasteiger partial charge in [0.15, 0.2) is 0 Å². The number of rotatable bonds is 5. The molecule has 3 N–H and O–H groups in total. The molecule has 8 heteroatoms. The van der Waals surface area contributed by atoms with Gasteiger partial charge in [0.05, 0.1) is 5.69 Å². The molecule has 1 aromatic carbocycles. The van der Waals surface area contributed by atoms with Gasteiger partial charge in [0.1, 0.15) is 4.90 Å². The van der Waals surface area contributed by atoms with Gasteiger partial charge in [0.2, 0.25) is 15.9 Å². The third-order valence-electron chi connectivity index (χ3n) is 5.55. The van der Waals surface area contributed by atoms with E-state index in [-0.39, 0.29) is 16.8 Å². The van der Waals surface area contributed by atoms with E-state index < -0.39 is 10.0 Å². The van der Waals surface area contributed by atoms with Crippen LogP contribution < -0.4 is 15.4 Å². The van der Waals surface area contributed by atoms with Crippen molar-refractivity contribution in [2.24, 2.45) is 11.7 Å². The van der Waals surface area contributed by atoms with Crippen LogP contribution in [0, 0.1) is 5.92 Å². The van der Waals surface area contributed by atoms with Crippen LogP contribution in [0.15, 0.2) is 29.2 Å². The number of sulfonamides is 1. The molecule has 26 heavy (non-hydrogen) atoms. The maximum Gasteiger partial charge on any atom is 0.242 e. The van der Waals surface area contributed by atoms with Gasteiger partial charge in [-0.2, -0.15) is 0 Å². The van der Waals surface area contributed by atoms with Crippen LogP contribution in [-0.2, 0) is 14.8 Å². The summed E-state index contributed by atoms with van der Waals surface area (Å²) in [6.45, 7) is 2.46. The lowest BCUT2D eigenvalue weighted by Crippen LogP contribution is -2.49. The Labute approximate surface area is 155 Å². The molecule has 0 radical (unpaired) electrons. The summed E-state index contributed by atoms with van der Waals surface area (Å²) in [5.74, 6) is 0.477. The second kappa shape index (κ2) is 7.94. The van der Waals surface area contributed by atoms with Crippen molar-refractivity contribution in [2.45, 2.75) is 36.6 Å². The normalized spacial score (nSPS) is 24.1. The highest BCUT2D eigenvalue weighted by molar-refractivity contribution is 7.89. The number of amides is 1. The predicted octanol–water partition coefficient (Wildman–Crippen LogP) is 0.761. The van der Waals surface area contributed by atoms with Gasteiger partial charge in [-0.15, -0.1) is 0 Å². The fourth-order valence-corrected chi connectivity index (χ4v) is 4.87. The van der Waals surface area contributed by atoms with Crippen molar-refractivity contribution in [1.29, 1.82) is 0 Å². The Morgan fingerprint density at radius 2 is 1.88 bits per heavy atom. The van der Waals surface area contributed by atoms with Crippen LogP contribution in [-0.4, -0.2) is 58.5 Å². The standard InChI is InChI=1S/C18H28N4O3S/c1-20-26(24,25)17-8-3-2-7-16(17)21-9-11-22(12-10-21)18(23)13-14-5-4-6-15(14)19/h2-3,7-8,14-15,20H,4-6,9-13,19H2,1H3/t14-,15+/m0/s1. The number of anilines is 1. The monoisotopic (exact) mass is 380 g/mol. The number of hydrogen-bond donors (Lipinski definition) is 2. The number of nitrogens with zero attached hydrogens (tertiary/aromatic N) is 2. The highest BCUT2D eigenvalue weighted by Gasteiger charge is 2.30. The summed E-state index contributed by atoms with van der Waals surface area (Å²) in [6.07, 6.45) is 3.71. The molecule has 2 aliphatic rings. The predicted molar refractivity (Wildman–Crippen MR) is 101 cm³/mol. The number of carbonyl (C=O) groups is 1. The summed E-state index contributed by atoms with van der Waals surface area (Å²) < 4.78 is 26.9. The number of nitrogens with one attached hydrogen (secondary N) is 1. The van der Waals surface area contributed by atoms with E-state index >= 15 is 0 Å². The fraction of sp³-hybridized carbons (Fsp3) is 0.611. The Kier molecular flexibility index (Phi) is 5.84. The Bertz CT molecular complexity index is 745. The van der Waals surface area contributed by atoms with Crippen LogP contribution in [0.25, 0.3) is 0 Å². The van der Waals surface area contributed by atoms with E-state index in [1.165, 1.54) is 7.05 Å². The maximum absolute atomic E-state index is 12.6. The average Bonchev–Trinajstić information content (AvgIpc) is 3.06. The SMILES string of the molecule is CNS(=O)(=O)c1ccccc1N1CCN(C(=O)C[C@@H]2CCC[C@H]2N)CC1. The number of piperazine rings is 1. The molecule has 0 spiro atoms. The van der Waals surface area contributed by atoms with Gasteiger partial charge < -0.3 is 15.5 Å². The summed E-state index contributed by atoms with van der Waals surface area (Å²) >= 11 is 0. The minimum absolute atomic E-state index is 0.152. The lowest BCUT2D eigenvalue weighted by atomic mass is 9.99. The van der Waals surface area contributed by atoms with Crippen LogP contribution in [0.2, 0.25) is 0 Å². The van der Waals surface area contributed by atoms with E-state index in [2.05, 4.69) is 4.72 Å². The smallest absolute Gasteiger partial charge is 0.242 e. The molecule has 144 valence electrons.